The largest absolute Gasteiger partial charge is 0.346 e. The van der Waals surface area contributed by atoms with E-state index in [1.165, 1.54) is 30.6 Å². The van der Waals surface area contributed by atoms with Crippen molar-refractivity contribution in [1.29, 1.82) is 0 Å². The molecule has 2 aromatic heterocycles. The molecular formula is C22H15F2N5O3. The fourth-order valence-corrected chi connectivity index (χ4v) is 3.00. The third-order valence-electron chi connectivity index (χ3n) is 4.60. The summed E-state index contributed by atoms with van der Waals surface area (Å²) in [5.41, 5.74) is -0.147. The van der Waals surface area contributed by atoms with E-state index in [2.05, 4.69) is 20.3 Å². The summed E-state index contributed by atoms with van der Waals surface area (Å²) in [5.74, 6) is -1.64. The first kappa shape index (κ1) is 20.8. The number of carbonyl (C=O) groups is 1. The van der Waals surface area contributed by atoms with E-state index in [4.69, 9.17) is 0 Å². The summed E-state index contributed by atoms with van der Waals surface area (Å²) in [6.45, 7) is -0.0232. The normalized spacial score (nSPS) is 10.7. The first-order valence-electron chi connectivity index (χ1n) is 9.38. The number of nitrogens with zero attached hydrogens (tertiary/aromatic N) is 3. The summed E-state index contributed by atoms with van der Waals surface area (Å²) in [4.78, 5) is 48.0. The van der Waals surface area contributed by atoms with Crippen molar-refractivity contribution in [2.45, 2.75) is 6.54 Å². The van der Waals surface area contributed by atoms with E-state index in [1.54, 1.807) is 18.2 Å². The number of H-pyrrole nitrogens is 1. The molecule has 8 nitrogen and oxygen atoms in total. The molecular weight excluding hydrogens is 420 g/mol. The van der Waals surface area contributed by atoms with Gasteiger partial charge in [0.25, 0.3) is 11.5 Å². The quantitative estimate of drug-likeness (QED) is 0.500. The molecule has 0 fully saturated rings. The molecule has 0 saturated heterocycles. The third kappa shape index (κ3) is 4.33. The van der Waals surface area contributed by atoms with Crippen molar-refractivity contribution in [3.63, 3.8) is 0 Å². The van der Waals surface area contributed by atoms with Crippen molar-refractivity contribution >= 4 is 5.91 Å². The van der Waals surface area contributed by atoms with E-state index < -0.39 is 23.0 Å². The van der Waals surface area contributed by atoms with Crippen LogP contribution in [0, 0.1) is 11.6 Å². The van der Waals surface area contributed by atoms with Gasteiger partial charge in [0, 0.05) is 11.8 Å². The van der Waals surface area contributed by atoms with Crippen LogP contribution in [-0.4, -0.2) is 25.4 Å². The molecule has 4 rings (SSSR count). The van der Waals surface area contributed by atoms with Crippen LogP contribution in [0.1, 0.15) is 16.1 Å². The topological polar surface area (TPSA) is 110 Å². The third-order valence-corrected chi connectivity index (χ3v) is 4.60. The Morgan fingerprint density at radius 3 is 2.31 bits per heavy atom. The van der Waals surface area contributed by atoms with Crippen molar-refractivity contribution in [3.8, 4) is 16.9 Å². The van der Waals surface area contributed by atoms with Gasteiger partial charge in [0.2, 0.25) is 0 Å². The molecule has 2 heterocycles. The minimum Gasteiger partial charge on any atom is -0.346 e. The number of rotatable bonds is 5. The van der Waals surface area contributed by atoms with E-state index in [1.807, 2.05) is 0 Å². The lowest BCUT2D eigenvalue weighted by Gasteiger charge is -2.08. The van der Waals surface area contributed by atoms with Crippen LogP contribution in [0.4, 0.5) is 8.78 Å². The minimum atomic E-state index is -0.854. The predicted molar refractivity (Wildman–Crippen MR) is 111 cm³/mol. The van der Waals surface area contributed by atoms with Gasteiger partial charge in [-0.3, -0.25) is 9.59 Å². The van der Waals surface area contributed by atoms with Gasteiger partial charge in [-0.05, 0) is 54.6 Å². The van der Waals surface area contributed by atoms with Gasteiger partial charge in [-0.15, -0.1) is 0 Å². The molecule has 1 amide bonds. The molecule has 0 atom stereocenters. The smallest absolute Gasteiger partial charge is 0.333 e. The Morgan fingerprint density at radius 1 is 0.969 bits per heavy atom. The van der Waals surface area contributed by atoms with Crippen LogP contribution in [-0.2, 0) is 6.54 Å². The number of nitrogens with one attached hydrogen (secondary N) is 2. The van der Waals surface area contributed by atoms with Crippen molar-refractivity contribution in [3.05, 3.63) is 111 Å². The Bertz CT molecular complexity index is 1400. The highest BCUT2D eigenvalue weighted by atomic mass is 19.1. The summed E-state index contributed by atoms with van der Waals surface area (Å²) < 4.78 is 27.0. The second-order valence-corrected chi connectivity index (χ2v) is 6.71. The molecule has 0 spiro atoms. The number of halogens is 2. The van der Waals surface area contributed by atoms with E-state index in [0.717, 1.165) is 22.9 Å². The highest BCUT2D eigenvalue weighted by Crippen LogP contribution is 2.17. The number of aromatic amines is 1. The monoisotopic (exact) mass is 435 g/mol. The number of hydrogen-bond acceptors (Lipinski definition) is 5. The Kier molecular flexibility index (Phi) is 5.67. The van der Waals surface area contributed by atoms with Gasteiger partial charge in [-0.25, -0.2) is 28.1 Å². The molecule has 10 heteroatoms. The molecule has 160 valence electrons. The Morgan fingerprint density at radius 2 is 1.62 bits per heavy atom. The van der Waals surface area contributed by atoms with Crippen molar-refractivity contribution in [2.75, 3.05) is 0 Å². The van der Waals surface area contributed by atoms with Gasteiger partial charge in [0.1, 0.15) is 23.5 Å². The lowest BCUT2D eigenvalue weighted by molar-refractivity contribution is 0.0948. The van der Waals surface area contributed by atoms with E-state index in [9.17, 15) is 23.2 Å². The number of carbonyl (C=O) groups excluding carboxylic acids is 1. The summed E-state index contributed by atoms with van der Waals surface area (Å²) in [6.07, 6.45) is 2.33. The number of benzene rings is 2. The van der Waals surface area contributed by atoms with Gasteiger partial charge in [-0.1, -0.05) is 0 Å². The fraction of sp³-hybridized carbons (Fsp3) is 0.0455. The summed E-state index contributed by atoms with van der Waals surface area (Å²) in [6, 6.07) is 12.1. The fourth-order valence-electron chi connectivity index (χ4n) is 3.00. The average molecular weight is 435 g/mol. The molecule has 0 aliphatic carbocycles. The summed E-state index contributed by atoms with van der Waals surface area (Å²) in [7, 11) is 0. The van der Waals surface area contributed by atoms with Crippen LogP contribution in [0.3, 0.4) is 0 Å². The van der Waals surface area contributed by atoms with Crippen LogP contribution >= 0.6 is 0 Å². The molecule has 2 N–H and O–H groups in total. The average Bonchev–Trinajstić information content (AvgIpc) is 2.79. The molecule has 0 aliphatic rings. The molecule has 2 aromatic carbocycles. The molecule has 32 heavy (non-hydrogen) atoms. The van der Waals surface area contributed by atoms with Gasteiger partial charge >= 0.3 is 5.69 Å². The van der Waals surface area contributed by atoms with Crippen LogP contribution in [0.15, 0.2) is 76.7 Å². The van der Waals surface area contributed by atoms with Crippen LogP contribution < -0.4 is 16.6 Å². The minimum absolute atomic E-state index is 0.0232. The number of amides is 1. The first-order chi connectivity index (χ1) is 15.4. The zero-order chi connectivity index (χ0) is 22.7. The number of hydrogen-bond donors (Lipinski definition) is 2. The lowest BCUT2D eigenvalue weighted by Crippen LogP contribution is -2.39. The standard InChI is InChI=1S/C22H15F2N5O3/c23-14-3-1-13(2-4-14)19-9-16(27-12-28-19)10-25-20(30)18-11-26-22(32)29(21(18)31)17-7-5-15(24)6-8-17/h1-9,11-12H,10H2,(H,25,30)(H,26,32). The summed E-state index contributed by atoms with van der Waals surface area (Å²) >= 11 is 0. The maximum atomic E-state index is 13.2. The van der Waals surface area contributed by atoms with Crippen LogP contribution in [0.2, 0.25) is 0 Å². The van der Waals surface area contributed by atoms with E-state index in [-0.39, 0.29) is 23.6 Å². The molecule has 0 saturated carbocycles. The number of aromatic nitrogens is 4. The van der Waals surface area contributed by atoms with E-state index >= 15 is 0 Å². The van der Waals surface area contributed by atoms with Crippen LogP contribution in [0.25, 0.3) is 16.9 Å². The highest BCUT2D eigenvalue weighted by molar-refractivity contribution is 5.93. The molecule has 0 bridgehead atoms. The van der Waals surface area contributed by atoms with Crippen molar-refractivity contribution < 1.29 is 13.6 Å². The van der Waals surface area contributed by atoms with Gasteiger partial charge < -0.3 is 10.3 Å². The first-order valence-corrected chi connectivity index (χ1v) is 9.38. The van der Waals surface area contributed by atoms with Crippen molar-refractivity contribution in [1.82, 2.24) is 24.8 Å². The molecule has 0 unspecified atom stereocenters. The Hall–Kier alpha value is -4.47. The van der Waals surface area contributed by atoms with E-state index in [0.29, 0.717) is 17.0 Å². The second-order valence-electron chi connectivity index (χ2n) is 6.71. The van der Waals surface area contributed by atoms with Crippen molar-refractivity contribution in [2.24, 2.45) is 0 Å². The van der Waals surface area contributed by atoms with Gasteiger partial charge in [0.15, 0.2) is 0 Å². The van der Waals surface area contributed by atoms with Crippen LogP contribution in [0.5, 0.6) is 0 Å². The zero-order valence-corrected chi connectivity index (χ0v) is 16.4. The molecule has 4 aromatic rings. The maximum absolute atomic E-state index is 13.2. The van der Waals surface area contributed by atoms with Gasteiger partial charge in [-0.2, -0.15) is 0 Å². The Labute approximate surface area is 179 Å². The molecule has 0 radical (unpaired) electrons. The zero-order valence-electron chi connectivity index (χ0n) is 16.4. The lowest BCUT2D eigenvalue weighted by atomic mass is 10.1. The second kappa shape index (κ2) is 8.72. The maximum Gasteiger partial charge on any atom is 0.333 e. The summed E-state index contributed by atoms with van der Waals surface area (Å²) in [5, 5.41) is 2.57. The SMILES string of the molecule is O=C(NCc1cc(-c2ccc(F)cc2)ncn1)c1c[nH]c(=O)n(-c2ccc(F)cc2)c1=O. The predicted octanol–water partition coefficient (Wildman–Crippen LogP) is 2.19. The highest BCUT2D eigenvalue weighted by Gasteiger charge is 2.16. The van der Waals surface area contributed by atoms with Gasteiger partial charge in [0.05, 0.1) is 23.6 Å². The molecule has 0 aliphatic heterocycles. The Balaban J connectivity index is 1.55.